The maximum atomic E-state index is 13.7. The van der Waals surface area contributed by atoms with Crippen molar-refractivity contribution in [2.75, 3.05) is 13.1 Å². The van der Waals surface area contributed by atoms with Crippen molar-refractivity contribution < 1.29 is 9.18 Å². The molecule has 6 nitrogen and oxygen atoms in total. The van der Waals surface area contributed by atoms with Gasteiger partial charge in [-0.2, -0.15) is 0 Å². The van der Waals surface area contributed by atoms with Gasteiger partial charge in [-0.15, -0.1) is 0 Å². The highest BCUT2D eigenvalue weighted by atomic mass is 19.1. The van der Waals surface area contributed by atoms with E-state index in [4.69, 9.17) is 0 Å². The van der Waals surface area contributed by atoms with Crippen LogP contribution in [0.15, 0.2) is 40.1 Å². The van der Waals surface area contributed by atoms with Crippen molar-refractivity contribution >= 4 is 5.91 Å². The Kier molecular flexibility index (Phi) is 4.59. The first-order chi connectivity index (χ1) is 11.5. The summed E-state index contributed by atoms with van der Waals surface area (Å²) in [4.78, 5) is 41.1. The van der Waals surface area contributed by atoms with E-state index in [1.807, 2.05) is 6.07 Å². The lowest BCUT2D eigenvalue weighted by molar-refractivity contribution is 0.0687. The average molecular weight is 331 g/mol. The largest absolute Gasteiger partial charge is 0.338 e. The van der Waals surface area contributed by atoms with E-state index in [1.165, 1.54) is 6.07 Å². The van der Waals surface area contributed by atoms with Gasteiger partial charge < -0.3 is 9.88 Å². The quantitative estimate of drug-likeness (QED) is 0.889. The van der Waals surface area contributed by atoms with Crippen molar-refractivity contribution in [3.05, 3.63) is 68.2 Å². The molecule has 0 bridgehead atoms. The molecule has 0 saturated carbocycles. The van der Waals surface area contributed by atoms with Gasteiger partial charge in [0.1, 0.15) is 11.4 Å². The monoisotopic (exact) mass is 331 g/mol. The molecule has 1 aliphatic heterocycles. The summed E-state index contributed by atoms with van der Waals surface area (Å²) in [5, 5.41) is 0. The molecule has 3 rings (SSSR count). The molecule has 1 aliphatic rings. The van der Waals surface area contributed by atoms with Crippen molar-refractivity contribution in [2.45, 2.75) is 19.3 Å². The van der Waals surface area contributed by atoms with Gasteiger partial charge in [0.25, 0.3) is 11.5 Å². The van der Waals surface area contributed by atoms with E-state index in [1.54, 1.807) is 17.0 Å². The SMILES string of the molecule is O=C(c1c[nH]c(=O)[nH]c1=O)N1CCC(Cc2ccccc2F)CC1. The minimum Gasteiger partial charge on any atom is -0.338 e. The van der Waals surface area contributed by atoms with Crippen LogP contribution in [0, 0.1) is 11.7 Å². The van der Waals surface area contributed by atoms with Crippen LogP contribution in [0.5, 0.6) is 0 Å². The van der Waals surface area contributed by atoms with Gasteiger partial charge in [0, 0.05) is 19.3 Å². The molecule has 0 atom stereocenters. The van der Waals surface area contributed by atoms with Gasteiger partial charge in [0.05, 0.1) is 0 Å². The lowest BCUT2D eigenvalue weighted by Gasteiger charge is -2.32. The number of hydrogen-bond acceptors (Lipinski definition) is 3. The summed E-state index contributed by atoms with van der Waals surface area (Å²) >= 11 is 0. The van der Waals surface area contributed by atoms with Crippen molar-refractivity contribution in [2.24, 2.45) is 5.92 Å². The molecule has 0 unspecified atom stereocenters. The van der Waals surface area contributed by atoms with Crippen LogP contribution in [-0.4, -0.2) is 33.9 Å². The van der Waals surface area contributed by atoms with Crippen LogP contribution < -0.4 is 11.2 Å². The fraction of sp³-hybridized carbons (Fsp3) is 0.353. The summed E-state index contributed by atoms with van der Waals surface area (Å²) in [6, 6.07) is 6.73. The van der Waals surface area contributed by atoms with Gasteiger partial charge in [-0.3, -0.25) is 14.6 Å². The highest BCUT2D eigenvalue weighted by Gasteiger charge is 2.25. The Morgan fingerprint density at radius 2 is 1.92 bits per heavy atom. The van der Waals surface area contributed by atoms with Gasteiger partial charge in [-0.05, 0) is 36.8 Å². The number of benzene rings is 1. The highest BCUT2D eigenvalue weighted by Crippen LogP contribution is 2.23. The molecule has 2 N–H and O–H groups in total. The molecule has 1 fully saturated rings. The van der Waals surface area contributed by atoms with E-state index < -0.39 is 17.2 Å². The second kappa shape index (κ2) is 6.82. The van der Waals surface area contributed by atoms with Crippen molar-refractivity contribution in [1.82, 2.24) is 14.9 Å². The first-order valence-corrected chi connectivity index (χ1v) is 7.89. The Bertz CT molecular complexity index is 850. The number of carbonyl (C=O) groups excluding carboxylic acids is 1. The second-order valence-corrected chi connectivity index (χ2v) is 6.02. The van der Waals surface area contributed by atoms with Gasteiger partial charge in [0.15, 0.2) is 0 Å². The number of H-pyrrole nitrogens is 2. The van der Waals surface area contributed by atoms with Crippen LogP contribution in [0.2, 0.25) is 0 Å². The van der Waals surface area contributed by atoms with E-state index in [2.05, 4.69) is 9.97 Å². The van der Waals surface area contributed by atoms with E-state index in [-0.39, 0.29) is 11.4 Å². The topological polar surface area (TPSA) is 86.0 Å². The Morgan fingerprint density at radius 3 is 2.58 bits per heavy atom. The number of aromatic nitrogens is 2. The van der Waals surface area contributed by atoms with Crippen LogP contribution in [0.3, 0.4) is 0 Å². The first kappa shape index (κ1) is 16.2. The van der Waals surface area contributed by atoms with E-state index in [0.717, 1.165) is 19.0 Å². The summed E-state index contributed by atoms with van der Waals surface area (Å²) in [6.45, 7) is 1.02. The van der Waals surface area contributed by atoms with Crippen LogP contribution >= 0.6 is 0 Å². The highest BCUT2D eigenvalue weighted by molar-refractivity contribution is 5.93. The lowest BCUT2D eigenvalue weighted by Crippen LogP contribution is -2.42. The minimum atomic E-state index is -0.683. The number of rotatable bonds is 3. The zero-order valence-corrected chi connectivity index (χ0v) is 13.0. The van der Waals surface area contributed by atoms with Crippen LogP contribution in [0.4, 0.5) is 4.39 Å². The standard InChI is InChI=1S/C17H18FN3O3/c18-14-4-2-1-3-12(14)9-11-5-7-21(8-6-11)16(23)13-10-19-17(24)20-15(13)22/h1-4,10-11H,5-9H2,(H2,19,20,22,24). The molecule has 2 heterocycles. The maximum absolute atomic E-state index is 13.7. The minimum absolute atomic E-state index is 0.0675. The van der Waals surface area contributed by atoms with E-state index in [0.29, 0.717) is 31.0 Å². The van der Waals surface area contributed by atoms with Gasteiger partial charge in [0.2, 0.25) is 0 Å². The number of hydrogen-bond donors (Lipinski definition) is 2. The molecular weight excluding hydrogens is 313 g/mol. The fourth-order valence-corrected chi connectivity index (χ4v) is 3.05. The molecule has 0 aliphatic carbocycles. The van der Waals surface area contributed by atoms with E-state index in [9.17, 15) is 18.8 Å². The summed E-state index contributed by atoms with van der Waals surface area (Å²) < 4.78 is 13.7. The summed E-state index contributed by atoms with van der Waals surface area (Å²) in [6.07, 6.45) is 3.30. The van der Waals surface area contributed by atoms with Gasteiger partial charge in [-0.25, -0.2) is 9.18 Å². The zero-order valence-electron chi connectivity index (χ0n) is 13.0. The molecule has 1 saturated heterocycles. The number of halogens is 1. The summed E-state index contributed by atoms with van der Waals surface area (Å²) in [5.41, 5.74) is -0.695. The molecule has 1 aromatic carbocycles. The summed E-state index contributed by atoms with van der Waals surface area (Å²) in [7, 11) is 0. The molecule has 126 valence electrons. The van der Waals surface area contributed by atoms with Gasteiger partial charge >= 0.3 is 5.69 Å². The zero-order chi connectivity index (χ0) is 17.1. The molecular formula is C17H18FN3O3. The fourth-order valence-electron chi connectivity index (χ4n) is 3.05. The van der Waals surface area contributed by atoms with Crippen molar-refractivity contribution in [3.8, 4) is 0 Å². The predicted octanol–water partition coefficient (Wildman–Crippen LogP) is 1.30. The molecule has 0 radical (unpaired) electrons. The first-order valence-electron chi connectivity index (χ1n) is 7.89. The van der Waals surface area contributed by atoms with Crippen LogP contribution in [-0.2, 0) is 6.42 Å². The lowest BCUT2D eigenvalue weighted by atomic mass is 9.90. The number of nitrogens with zero attached hydrogens (tertiary/aromatic N) is 1. The Labute approximate surface area is 137 Å². The third-order valence-electron chi connectivity index (χ3n) is 4.42. The Morgan fingerprint density at radius 1 is 1.21 bits per heavy atom. The third-order valence-corrected chi connectivity index (χ3v) is 4.42. The second-order valence-electron chi connectivity index (χ2n) is 6.02. The number of aromatic amines is 2. The van der Waals surface area contributed by atoms with E-state index >= 15 is 0 Å². The number of carbonyl (C=O) groups is 1. The normalized spacial score (nSPS) is 15.5. The van der Waals surface area contributed by atoms with Crippen molar-refractivity contribution in [3.63, 3.8) is 0 Å². The van der Waals surface area contributed by atoms with Crippen molar-refractivity contribution in [1.29, 1.82) is 0 Å². The number of amides is 1. The number of nitrogens with one attached hydrogen (secondary N) is 2. The van der Waals surface area contributed by atoms with Crippen LogP contribution in [0.1, 0.15) is 28.8 Å². The Hall–Kier alpha value is -2.70. The molecule has 24 heavy (non-hydrogen) atoms. The molecule has 1 aromatic heterocycles. The van der Waals surface area contributed by atoms with Crippen LogP contribution in [0.25, 0.3) is 0 Å². The van der Waals surface area contributed by atoms with Gasteiger partial charge in [-0.1, -0.05) is 18.2 Å². The average Bonchev–Trinajstić information content (AvgIpc) is 2.57. The Balaban J connectivity index is 1.62. The third kappa shape index (κ3) is 3.45. The molecule has 1 amide bonds. The molecule has 7 heteroatoms. The molecule has 0 spiro atoms. The number of piperidine rings is 1. The predicted molar refractivity (Wildman–Crippen MR) is 86.4 cm³/mol. The smallest absolute Gasteiger partial charge is 0.325 e. The number of likely N-dealkylation sites (tertiary alicyclic amines) is 1. The molecule has 2 aromatic rings. The summed E-state index contributed by atoms with van der Waals surface area (Å²) in [5.74, 6) is -0.285. The maximum Gasteiger partial charge on any atom is 0.325 e.